The third kappa shape index (κ3) is 2.31. The van der Waals surface area contributed by atoms with Gasteiger partial charge in [-0.2, -0.15) is 0 Å². The molecule has 17 heavy (non-hydrogen) atoms. The van der Waals surface area contributed by atoms with Gasteiger partial charge in [0.2, 0.25) is 0 Å². The smallest absolute Gasteiger partial charge is 0.169 e. The van der Waals surface area contributed by atoms with Crippen LogP contribution in [0.1, 0.15) is 37.2 Å². The molecule has 3 heteroatoms. The number of hydrogen-bond acceptors (Lipinski definition) is 3. The van der Waals surface area contributed by atoms with Crippen LogP contribution in [0.15, 0.2) is 22.1 Å². The Labute approximate surface area is 101 Å². The summed E-state index contributed by atoms with van der Waals surface area (Å²) in [7, 11) is 0. The Kier molecular flexibility index (Phi) is 2.81. The van der Waals surface area contributed by atoms with Gasteiger partial charge < -0.3 is 13.9 Å². The predicted octanol–water partition coefficient (Wildman–Crippen LogP) is 3.29. The first-order valence-corrected chi connectivity index (χ1v) is 6.30. The largest absolute Gasteiger partial charge is 0.462 e. The molecular formula is C14H18O3. The van der Waals surface area contributed by atoms with E-state index in [1.807, 2.05) is 19.1 Å². The van der Waals surface area contributed by atoms with Gasteiger partial charge >= 0.3 is 0 Å². The van der Waals surface area contributed by atoms with E-state index < -0.39 is 0 Å². The Morgan fingerprint density at radius 2 is 1.82 bits per heavy atom. The molecule has 0 atom stereocenters. The normalized spacial score (nSPS) is 23.2. The fourth-order valence-corrected chi connectivity index (χ4v) is 2.61. The Morgan fingerprint density at radius 3 is 2.41 bits per heavy atom. The van der Waals surface area contributed by atoms with E-state index >= 15 is 0 Å². The van der Waals surface area contributed by atoms with Crippen molar-refractivity contribution in [2.45, 2.75) is 38.4 Å². The maximum absolute atomic E-state index is 5.71. The second kappa shape index (κ2) is 4.31. The molecule has 0 amide bonds. The van der Waals surface area contributed by atoms with Gasteiger partial charge in [-0.3, -0.25) is 0 Å². The molecule has 0 N–H and O–H groups in total. The Hall–Kier alpha value is -1.06. The average Bonchev–Trinajstić information content (AvgIpc) is 2.93. The summed E-state index contributed by atoms with van der Waals surface area (Å²) in [5.41, 5.74) is 1.43. The summed E-state index contributed by atoms with van der Waals surface area (Å²) < 4.78 is 17.0. The quantitative estimate of drug-likeness (QED) is 0.747. The van der Waals surface area contributed by atoms with Crippen molar-refractivity contribution in [3.63, 3.8) is 0 Å². The molecular weight excluding hydrogens is 216 g/mol. The number of rotatable bonds is 1. The first-order chi connectivity index (χ1) is 8.26. The van der Waals surface area contributed by atoms with Crippen molar-refractivity contribution in [2.75, 3.05) is 13.2 Å². The van der Waals surface area contributed by atoms with Crippen LogP contribution in [0, 0.1) is 6.92 Å². The van der Waals surface area contributed by atoms with E-state index in [1.54, 1.807) is 0 Å². The van der Waals surface area contributed by atoms with Crippen LogP contribution in [0.2, 0.25) is 0 Å². The van der Waals surface area contributed by atoms with Crippen molar-refractivity contribution in [1.29, 1.82) is 0 Å². The molecule has 1 aromatic rings. The molecule has 3 rings (SSSR count). The highest BCUT2D eigenvalue weighted by Crippen LogP contribution is 2.38. The monoisotopic (exact) mass is 234 g/mol. The van der Waals surface area contributed by atoms with Crippen LogP contribution in [0.25, 0.3) is 6.08 Å². The molecule has 1 aromatic heterocycles. The summed E-state index contributed by atoms with van der Waals surface area (Å²) in [5, 5.41) is 0. The van der Waals surface area contributed by atoms with E-state index in [4.69, 9.17) is 13.9 Å². The zero-order valence-corrected chi connectivity index (χ0v) is 10.2. The highest BCUT2D eigenvalue weighted by Gasteiger charge is 2.38. The van der Waals surface area contributed by atoms with Gasteiger partial charge in [-0.25, -0.2) is 0 Å². The van der Waals surface area contributed by atoms with Gasteiger partial charge in [0, 0.05) is 12.8 Å². The molecule has 0 radical (unpaired) electrons. The summed E-state index contributed by atoms with van der Waals surface area (Å²) in [6, 6.07) is 4.02. The van der Waals surface area contributed by atoms with Crippen molar-refractivity contribution in [3.8, 4) is 0 Å². The number of allylic oxidation sites excluding steroid dienone is 1. The van der Waals surface area contributed by atoms with Crippen molar-refractivity contribution >= 4 is 6.08 Å². The molecule has 1 spiro atoms. The van der Waals surface area contributed by atoms with Crippen LogP contribution < -0.4 is 0 Å². The zero-order chi connectivity index (χ0) is 11.7. The van der Waals surface area contributed by atoms with E-state index in [1.165, 1.54) is 5.57 Å². The highest BCUT2D eigenvalue weighted by molar-refractivity contribution is 5.48. The first kappa shape index (κ1) is 11.1. The van der Waals surface area contributed by atoms with Crippen LogP contribution in [0.3, 0.4) is 0 Å². The van der Waals surface area contributed by atoms with Crippen LogP contribution in [0.4, 0.5) is 0 Å². The SMILES string of the molecule is Cc1ccc(C=C2CCC3(CC2)OCCO3)o1. The third-order valence-electron chi connectivity index (χ3n) is 3.58. The topological polar surface area (TPSA) is 31.6 Å². The van der Waals surface area contributed by atoms with Gasteiger partial charge in [-0.1, -0.05) is 5.57 Å². The second-order valence-corrected chi connectivity index (χ2v) is 4.86. The summed E-state index contributed by atoms with van der Waals surface area (Å²) in [5.74, 6) is 1.66. The van der Waals surface area contributed by atoms with Gasteiger partial charge in [0.05, 0.1) is 13.2 Å². The van der Waals surface area contributed by atoms with E-state index in [-0.39, 0.29) is 5.79 Å². The zero-order valence-electron chi connectivity index (χ0n) is 10.2. The molecule has 3 nitrogen and oxygen atoms in total. The maximum Gasteiger partial charge on any atom is 0.169 e. The predicted molar refractivity (Wildman–Crippen MR) is 64.5 cm³/mol. The molecule has 2 heterocycles. The van der Waals surface area contributed by atoms with Gasteiger partial charge in [-0.15, -0.1) is 0 Å². The van der Waals surface area contributed by atoms with Crippen LogP contribution in [-0.4, -0.2) is 19.0 Å². The van der Waals surface area contributed by atoms with Crippen molar-refractivity contribution < 1.29 is 13.9 Å². The first-order valence-electron chi connectivity index (χ1n) is 6.30. The van der Waals surface area contributed by atoms with E-state index in [0.717, 1.165) is 50.4 Å². The number of furan rings is 1. The lowest BCUT2D eigenvalue weighted by Crippen LogP contribution is -2.33. The highest BCUT2D eigenvalue weighted by atomic mass is 16.7. The van der Waals surface area contributed by atoms with E-state index in [2.05, 4.69) is 6.08 Å². The molecule has 0 unspecified atom stereocenters. The van der Waals surface area contributed by atoms with Crippen LogP contribution in [-0.2, 0) is 9.47 Å². The molecule has 2 fully saturated rings. The fourth-order valence-electron chi connectivity index (χ4n) is 2.61. The lowest BCUT2D eigenvalue weighted by molar-refractivity contribution is -0.171. The molecule has 1 saturated heterocycles. The number of hydrogen-bond donors (Lipinski definition) is 0. The molecule has 1 aliphatic carbocycles. The van der Waals surface area contributed by atoms with Gasteiger partial charge in [0.15, 0.2) is 5.79 Å². The van der Waals surface area contributed by atoms with Crippen LogP contribution in [0.5, 0.6) is 0 Å². The lowest BCUT2D eigenvalue weighted by Gasteiger charge is -2.32. The summed E-state index contributed by atoms with van der Waals surface area (Å²) >= 11 is 0. The molecule has 1 aliphatic heterocycles. The maximum atomic E-state index is 5.71. The van der Waals surface area contributed by atoms with E-state index in [9.17, 15) is 0 Å². The van der Waals surface area contributed by atoms with Gasteiger partial charge in [-0.05, 0) is 38.0 Å². The minimum atomic E-state index is -0.267. The van der Waals surface area contributed by atoms with Crippen LogP contribution >= 0.6 is 0 Å². The third-order valence-corrected chi connectivity index (χ3v) is 3.58. The molecule has 92 valence electrons. The van der Waals surface area contributed by atoms with Crippen molar-refractivity contribution in [2.24, 2.45) is 0 Å². The van der Waals surface area contributed by atoms with Crippen molar-refractivity contribution in [3.05, 3.63) is 29.2 Å². The van der Waals surface area contributed by atoms with Gasteiger partial charge in [0.25, 0.3) is 0 Å². The Balaban J connectivity index is 1.66. The number of ether oxygens (including phenoxy) is 2. The molecule has 1 saturated carbocycles. The molecule has 2 aliphatic rings. The summed E-state index contributed by atoms with van der Waals surface area (Å²) in [4.78, 5) is 0. The number of aryl methyl sites for hydroxylation is 1. The minimum Gasteiger partial charge on any atom is -0.462 e. The van der Waals surface area contributed by atoms with Gasteiger partial charge in [0.1, 0.15) is 11.5 Å². The fraction of sp³-hybridized carbons (Fsp3) is 0.571. The molecule has 0 bridgehead atoms. The standard InChI is InChI=1S/C14H18O3/c1-11-2-3-13(17-11)10-12-4-6-14(7-5-12)15-8-9-16-14/h2-3,10H,4-9H2,1H3. The van der Waals surface area contributed by atoms with Crippen molar-refractivity contribution in [1.82, 2.24) is 0 Å². The minimum absolute atomic E-state index is 0.267. The summed E-state index contributed by atoms with van der Waals surface area (Å²) in [6.45, 7) is 3.46. The molecule has 0 aromatic carbocycles. The average molecular weight is 234 g/mol. The lowest BCUT2D eigenvalue weighted by atomic mass is 9.89. The Bertz CT molecular complexity index is 412. The van der Waals surface area contributed by atoms with E-state index in [0.29, 0.717) is 0 Å². The second-order valence-electron chi connectivity index (χ2n) is 4.86. The summed E-state index contributed by atoms with van der Waals surface area (Å²) in [6.07, 6.45) is 6.19. The Morgan fingerprint density at radius 1 is 1.12 bits per heavy atom.